The molecule has 114 valence electrons. The van der Waals surface area contributed by atoms with Gasteiger partial charge in [-0.3, -0.25) is 9.71 Å². The van der Waals surface area contributed by atoms with Gasteiger partial charge < -0.3 is 0 Å². The number of rotatable bonds is 2. The molecule has 0 saturated carbocycles. The van der Waals surface area contributed by atoms with E-state index < -0.39 is 27.7 Å². The van der Waals surface area contributed by atoms with Gasteiger partial charge in [0.25, 0.3) is 10.0 Å². The molecule has 7 heteroatoms. The minimum absolute atomic E-state index is 0.159. The molecule has 0 saturated heterocycles. The lowest BCUT2D eigenvalue weighted by Gasteiger charge is -2.09. The fourth-order valence-corrected chi connectivity index (χ4v) is 3.51. The minimum atomic E-state index is -3.61. The molecule has 1 atom stereocenters. The first-order chi connectivity index (χ1) is 10.4. The largest absolute Gasteiger partial charge is 0.263 e. The fourth-order valence-electron chi connectivity index (χ4n) is 2.27. The first-order valence-electron chi connectivity index (χ1n) is 6.53. The van der Waals surface area contributed by atoms with Crippen LogP contribution in [0.15, 0.2) is 52.4 Å². The van der Waals surface area contributed by atoms with Crippen LogP contribution in [-0.4, -0.2) is 14.3 Å². The van der Waals surface area contributed by atoms with Crippen molar-refractivity contribution in [3.8, 4) is 0 Å². The van der Waals surface area contributed by atoms with Gasteiger partial charge in [0.15, 0.2) is 11.6 Å². The summed E-state index contributed by atoms with van der Waals surface area (Å²) < 4.78 is 52.6. The third kappa shape index (κ3) is 2.48. The molecule has 1 heterocycles. The molecule has 1 aliphatic rings. The number of hydrogen-bond donors (Lipinski definition) is 1. The zero-order valence-corrected chi connectivity index (χ0v) is 12.4. The van der Waals surface area contributed by atoms with Crippen LogP contribution in [-0.2, 0) is 10.0 Å². The van der Waals surface area contributed by atoms with Gasteiger partial charge in [0.2, 0.25) is 0 Å². The second-order valence-electron chi connectivity index (χ2n) is 4.93. The third-order valence-electron chi connectivity index (χ3n) is 3.41. The molecule has 0 fully saturated rings. The number of nitrogens with zero attached hydrogens (tertiary/aromatic N) is 1. The highest BCUT2D eigenvalue weighted by molar-refractivity contribution is 7.90. The summed E-state index contributed by atoms with van der Waals surface area (Å²) >= 11 is 0. The average Bonchev–Trinajstić information content (AvgIpc) is 2.73. The Kier molecular flexibility index (Phi) is 3.44. The van der Waals surface area contributed by atoms with Crippen LogP contribution in [0.1, 0.15) is 24.1 Å². The molecular weight excluding hydrogens is 310 g/mol. The predicted octanol–water partition coefficient (Wildman–Crippen LogP) is 2.76. The number of aliphatic imine (C=N–C) groups is 1. The number of hydrogen-bond acceptors (Lipinski definition) is 3. The quantitative estimate of drug-likeness (QED) is 0.924. The maximum absolute atomic E-state index is 13.3. The van der Waals surface area contributed by atoms with Gasteiger partial charge in [-0.1, -0.05) is 18.2 Å². The van der Waals surface area contributed by atoms with Crippen LogP contribution in [0.5, 0.6) is 0 Å². The number of benzene rings is 2. The van der Waals surface area contributed by atoms with Crippen LogP contribution in [0.3, 0.4) is 0 Å². The predicted molar refractivity (Wildman–Crippen MR) is 78.1 cm³/mol. The highest BCUT2D eigenvalue weighted by atomic mass is 32.2. The van der Waals surface area contributed by atoms with E-state index in [1.807, 2.05) is 0 Å². The first-order valence-corrected chi connectivity index (χ1v) is 8.02. The molecule has 2 aromatic rings. The Morgan fingerprint density at radius 1 is 1.09 bits per heavy atom. The second-order valence-corrected chi connectivity index (χ2v) is 6.58. The lowest BCUT2D eigenvalue weighted by atomic mass is 10.1. The Morgan fingerprint density at radius 3 is 2.55 bits per heavy atom. The molecule has 3 rings (SSSR count). The smallest absolute Gasteiger partial charge is 0.263 e. The lowest BCUT2D eigenvalue weighted by molar-refractivity contribution is 0.506. The minimum Gasteiger partial charge on any atom is -0.263 e. The maximum atomic E-state index is 13.3. The summed E-state index contributed by atoms with van der Waals surface area (Å²) in [5.74, 6) is -1.69. The van der Waals surface area contributed by atoms with Gasteiger partial charge in [0, 0.05) is 5.56 Å². The van der Waals surface area contributed by atoms with E-state index in [0.717, 1.165) is 12.1 Å². The van der Waals surface area contributed by atoms with E-state index in [4.69, 9.17) is 0 Å². The topological polar surface area (TPSA) is 58.5 Å². The molecule has 4 nitrogen and oxygen atoms in total. The van der Waals surface area contributed by atoms with Crippen molar-refractivity contribution < 1.29 is 17.2 Å². The van der Waals surface area contributed by atoms with Crippen LogP contribution in [0.4, 0.5) is 8.78 Å². The number of sulfonamides is 1. The number of fused-ring (bicyclic) bond motifs is 1. The molecule has 0 radical (unpaired) electrons. The van der Waals surface area contributed by atoms with Crippen molar-refractivity contribution in [3.05, 3.63) is 65.2 Å². The zero-order chi connectivity index (χ0) is 15.9. The molecule has 0 amide bonds. The molecule has 0 spiro atoms. The van der Waals surface area contributed by atoms with Crippen LogP contribution in [0.2, 0.25) is 0 Å². The Balaban J connectivity index is 2.01. The number of amidine groups is 1. The summed E-state index contributed by atoms with van der Waals surface area (Å²) in [6.07, 6.45) is 0. The molecule has 2 aromatic carbocycles. The summed E-state index contributed by atoms with van der Waals surface area (Å²) in [5.41, 5.74) is 0.923. The Morgan fingerprint density at radius 2 is 1.82 bits per heavy atom. The summed E-state index contributed by atoms with van der Waals surface area (Å²) in [5, 5.41) is 0. The van der Waals surface area contributed by atoms with Crippen molar-refractivity contribution in [1.29, 1.82) is 0 Å². The van der Waals surface area contributed by atoms with E-state index in [1.54, 1.807) is 25.1 Å². The summed E-state index contributed by atoms with van der Waals surface area (Å²) in [7, 11) is -3.61. The van der Waals surface area contributed by atoms with Crippen molar-refractivity contribution >= 4 is 15.9 Å². The van der Waals surface area contributed by atoms with E-state index in [1.165, 1.54) is 12.1 Å². The van der Waals surface area contributed by atoms with Crippen LogP contribution in [0.25, 0.3) is 0 Å². The van der Waals surface area contributed by atoms with Gasteiger partial charge in [-0.2, -0.15) is 0 Å². The fraction of sp³-hybridized carbons (Fsp3) is 0.133. The van der Waals surface area contributed by atoms with Gasteiger partial charge in [-0.15, -0.1) is 0 Å². The monoisotopic (exact) mass is 322 g/mol. The molecule has 0 aromatic heterocycles. The number of nitrogens with one attached hydrogen (secondary N) is 1. The summed E-state index contributed by atoms with van der Waals surface area (Å²) in [6.45, 7) is 1.68. The van der Waals surface area contributed by atoms with Crippen molar-refractivity contribution in [1.82, 2.24) is 4.72 Å². The first kappa shape index (κ1) is 14.6. The van der Waals surface area contributed by atoms with Crippen LogP contribution >= 0.6 is 0 Å². The molecule has 22 heavy (non-hydrogen) atoms. The molecule has 0 aliphatic carbocycles. The normalized spacial score (nSPS) is 18.8. The van der Waals surface area contributed by atoms with Gasteiger partial charge >= 0.3 is 0 Å². The average molecular weight is 322 g/mol. The van der Waals surface area contributed by atoms with E-state index >= 15 is 0 Å². The standard InChI is InChI=1S/C15H12F2N2O2S/c1-9(10-6-7-12(16)13(17)8-10)18-15-11-4-2-3-5-14(11)22(20,21)19-15/h2-9H,1H3,(H,18,19)/t9-/m1/s1. The highest BCUT2D eigenvalue weighted by Gasteiger charge is 2.30. The molecular formula is C15H12F2N2O2S. The van der Waals surface area contributed by atoms with Gasteiger partial charge in [-0.05, 0) is 36.8 Å². The molecule has 0 bridgehead atoms. The molecule has 1 N–H and O–H groups in total. The second kappa shape index (κ2) is 5.17. The Labute approximate surface area is 126 Å². The van der Waals surface area contributed by atoms with Crippen LogP contribution in [0, 0.1) is 11.6 Å². The summed E-state index contributed by atoms with van der Waals surface area (Å²) in [6, 6.07) is 9.43. The van der Waals surface area contributed by atoms with E-state index in [0.29, 0.717) is 11.1 Å². The highest BCUT2D eigenvalue weighted by Crippen LogP contribution is 2.25. The zero-order valence-electron chi connectivity index (χ0n) is 11.5. The third-order valence-corrected chi connectivity index (χ3v) is 4.81. The van der Waals surface area contributed by atoms with Crippen molar-refractivity contribution in [2.45, 2.75) is 17.9 Å². The van der Waals surface area contributed by atoms with Crippen LogP contribution < -0.4 is 4.72 Å². The van der Waals surface area contributed by atoms with Crippen molar-refractivity contribution in [3.63, 3.8) is 0 Å². The van der Waals surface area contributed by atoms with E-state index in [-0.39, 0.29) is 10.7 Å². The van der Waals surface area contributed by atoms with Gasteiger partial charge in [0.05, 0.1) is 10.9 Å². The Bertz CT molecular complexity index is 879. The van der Waals surface area contributed by atoms with Crippen molar-refractivity contribution in [2.75, 3.05) is 0 Å². The molecule has 0 unspecified atom stereocenters. The van der Waals surface area contributed by atoms with E-state index in [9.17, 15) is 17.2 Å². The van der Waals surface area contributed by atoms with Crippen molar-refractivity contribution in [2.24, 2.45) is 4.99 Å². The lowest BCUT2D eigenvalue weighted by Crippen LogP contribution is -2.22. The Hall–Kier alpha value is -2.28. The SMILES string of the molecule is C[C@@H](N=C1NS(=O)(=O)c2ccccc21)c1ccc(F)c(F)c1. The summed E-state index contributed by atoms with van der Waals surface area (Å²) in [4.78, 5) is 4.45. The van der Waals surface area contributed by atoms with E-state index in [2.05, 4.69) is 9.71 Å². The molecule has 1 aliphatic heterocycles. The number of halogens is 2. The maximum Gasteiger partial charge on any atom is 0.263 e. The van der Waals surface area contributed by atoms with Gasteiger partial charge in [-0.25, -0.2) is 17.2 Å². The van der Waals surface area contributed by atoms with Gasteiger partial charge in [0.1, 0.15) is 5.84 Å².